The summed E-state index contributed by atoms with van der Waals surface area (Å²) in [5.74, 6) is 0. The van der Waals surface area contributed by atoms with Crippen LogP contribution in [0.2, 0.25) is 0 Å². The molecule has 1 saturated heterocycles. The van der Waals surface area contributed by atoms with Crippen molar-refractivity contribution in [3.05, 3.63) is 24.3 Å². The van der Waals surface area contributed by atoms with Gasteiger partial charge in [-0.2, -0.15) is 0 Å². The predicted octanol–water partition coefficient (Wildman–Crippen LogP) is 1.15. The lowest BCUT2D eigenvalue weighted by molar-refractivity contribution is 0.479. The van der Waals surface area contributed by atoms with Crippen LogP contribution in [-0.4, -0.2) is 34.1 Å². The predicted molar refractivity (Wildman–Crippen MR) is 76.8 cm³/mol. The maximum atomic E-state index is 12.1. The summed E-state index contributed by atoms with van der Waals surface area (Å²) in [6, 6.07) is 7.33. The first-order valence-corrected chi connectivity index (χ1v) is 8.18. The van der Waals surface area contributed by atoms with Gasteiger partial charge in [0.2, 0.25) is 10.0 Å². The molecule has 1 heterocycles. The molecule has 1 atom stereocenters. The van der Waals surface area contributed by atoms with E-state index in [2.05, 4.69) is 15.4 Å². The van der Waals surface area contributed by atoms with Crippen LogP contribution in [0, 0.1) is 0 Å². The van der Waals surface area contributed by atoms with Gasteiger partial charge in [-0.3, -0.25) is 0 Å². The van der Waals surface area contributed by atoms with Crippen molar-refractivity contribution in [2.45, 2.75) is 30.7 Å². The van der Waals surface area contributed by atoms with Crippen molar-refractivity contribution in [3.63, 3.8) is 0 Å². The van der Waals surface area contributed by atoms with Crippen molar-refractivity contribution in [1.29, 1.82) is 0 Å². The van der Waals surface area contributed by atoms with E-state index in [1.807, 2.05) is 12.1 Å². The molecule has 0 aliphatic carbocycles. The summed E-state index contributed by atoms with van der Waals surface area (Å²) < 4.78 is 26.8. The third-order valence-electron chi connectivity index (χ3n) is 3.17. The summed E-state index contributed by atoms with van der Waals surface area (Å²) in [6.07, 6.45) is 2.17. The van der Waals surface area contributed by atoms with Gasteiger partial charge in [-0.1, -0.05) is 19.1 Å². The first kappa shape index (κ1) is 14.3. The van der Waals surface area contributed by atoms with E-state index in [0.717, 1.165) is 25.9 Å². The molecule has 1 aromatic carbocycles. The molecule has 6 heteroatoms. The lowest BCUT2D eigenvalue weighted by Crippen LogP contribution is -2.38. The quantitative estimate of drug-likeness (QED) is 0.758. The molecule has 1 aliphatic rings. The Hall–Kier alpha value is -1.11. The minimum Gasteiger partial charge on any atom is -0.380 e. The molecule has 5 nitrogen and oxygen atoms in total. The average molecular weight is 283 g/mol. The molecule has 1 aliphatic heterocycles. The largest absolute Gasteiger partial charge is 0.380 e. The van der Waals surface area contributed by atoms with Crippen LogP contribution in [0.5, 0.6) is 0 Å². The van der Waals surface area contributed by atoms with Crippen molar-refractivity contribution in [1.82, 2.24) is 10.0 Å². The second-order valence-electron chi connectivity index (χ2n) is 4.69. The molecule has 1 unspecified atom stereocenters. The lowest BCUT2D eigenvalue weighted by Gasteiger charge is -2.25. The topological polar surface area (TPSA) is 70.2 Å². The van der Waals surface area contributed by atoms with E-state index in [1.54, 1.807) is 19.1 Å². The fraction of sp³-hybridized carbons (Fsp3) is 0.538. The Labute approximate surface area is 114 Å². The molecule has 19 heavy (non-hydrogen) atoms. The highest BCUT2D eigenvalue weighted by Crippen LogP contribution is 2.22. The van der Waals surface area contributed by atoms with Gasteiger partial charge in [-0.15, -0.1) is 0 Å². The van der Waals surface area contributed by atoms with Gasteiger partial charge in [0.25, 0.3) is 0 Å². The van der Waals surface area contributed by atoms with E-state index in [-0.39, 0.29) is 6.04 Å². The molecule has 2 rings (SSSR count). The molecule has 0 amide bonds. The van der Waals surface area contributed by atoms with Gasteiger partial charge in [-0.25, -0.2) is 13.1 Å². The molecule has 0 aromatic heterocycles. The Morgan fingerprint density at radius 1 is 1.37 bits per heavy atom. The fourth-order valence-corrected chi connectivity index (χ4v) is 3.49. The Morgan fingerprint density at radius 2 is 2.16 bits per heavy atom. The average Bonchev–Trinajstić information content (AvgIpc) is 2.40. The highest BCUT2D eigenvalue weighted by atomic mass is 32.2. The maximum absolute atomic E-state index is 12.1. The van der Waals surface area contributed by atoms with E-state index in [1.165, 1.54) is 0 Å². The number of benzene rings is 1. The van der Waals surface area contributed by atoms with Gasteiger partial charge in [0.15, 0.2) is 0 Å². The summed E-state index contributed by atoms with van der Waals surface area (Å²) >= 11 is 0. The van der Waals surface area contributed by atoms with Gasteiger partial charge in [0, 0.05) is 19.1 Å². The number of sulfonamides is 1. The van der Waals surface area contributed by atoms with Crippen molar-refractivity contribution in [2.75, 3.05) is 25.0 Å². The lowest BCUT2D eigenvalue weighted by atomic mass is 10.1. The molecule has 106 valence electrons. The minimum atomic E-state index is -3.42. The van der Waals surface area contributed by atoms with Crippen LogP contribution in [0.25, 0.3) is 0 Å². The van der Waals surface area contributed by atoms with Crippen molar-refractivity contribution in [2.24, 2.45) is 0 Å². The highest BCUT2D eigenvalue weighted by molar-refractivity contribution is 7.89. The summed E-state index contributed by atoms with van der Waals surface area (Å²) in [5.41, 5.74) is 0.678. The Morgan fingerprint density at radius 3 is 2.84 bits per heavy atom. The molecule has 0 spiro atoms. The summed E-state index contributed by atoms with van der Waals surface area (Å²) in [6.45, 7) is 4.07. The Kier molecular flexibility index (Phi) is 4.79. The number of piperidine rings is 1. The van der Waals surface area contributed by atoms with Crippen LogP contribution in [0.4, 0.5) is 5.69 Å². The zero-order chi connectivity index (χ0) is 13.7. The fourth-order valence-electron chi connectivity index (χ4n) is 2.28. The van der Waals surface area contributed by atoms with E-state index < -0.39 is 10.0 Å². The van der Waals surface area contributed by atoms with Gasteiger partial charge < -0.3 is 10.6 Å². The summed E-state index contributed by atoms with van der Waals surface area (Å²) in [4.78, 5) is 0.322. The molecular formula is C13H21N3O2S. The van der Waals surface area contributed by atoms with Gasteiger partial charge in [0.1, 0.15) is 4.90 Å². The number of anilines is 1. The van der Waals surface area contributed by atoms with Crippen molar-refractivity contribution in [3.8, 4) is 0 Å². The molecule has 0 radical (unpaired) electrons. The standard InChI is InChI=1S/C13H21N3O2S/c1-2-15-19(17,18)13-8-4-3-7-12(13)16-11-6-5-9-14-10-11/h3-4,7-8,11,14-16H,2,5-6,9-10H2,1H3. The molecule has 1 aromatic rings. The summed E-state index contributed by atoms with van der Waals surface area (Å²) in [7, 11) is -3.42. The zero-order valence-electron chi connectivity index (χ0n) is 11.1. The third-order valence-corrected chi connectivity index (χ3v) is 4.77. The van der Waals surface area contributed by atoms with Crippen LogP contribution in [-0.2, 0) is 10.0 Å². The van der Waals surface area contributed by atoms with E-state index >= 15 is 0 Å². The summed E-state index contributed by atoms with van der Waals surface area (Å²) in [5, 5.41) is 6.64. The zero-order valence-corrected chi connectivity index (χ0v) is 12.0. The molecule has 3 N–H and O–H groups in total. The van der Waals surface area contributed by atoms with Crippen LogP contribution in [0.1, 0.15) is 19.8 Å². The van der Waals surface area contributed by atoms with Crippen molar-refractivity contribution < 1.29 is 8.42 Å². The molecule has 0 saturated carbocycles. The monoisotopic (exact) mass is 283 g/mol. The molecule has 0 bridgehead atoms. The Bertz CT molecular complexity index is 510. The number of para-hydroxylation sites is 1. The Balaban J connectivity index is 2.20. The first-order valence-electron chi connectivity index (χ1n) is 6.69. The van der Waals surface area contributed by atoms with Gasteiger partial charge in [-0.05, 0) is 31.5 Å². The van der Waals surface area contributed by atoms with Gasteiger partial charge >= 0.3 is 0 Å². The van der Waals surface area contributed by atoms with Crippen LogP contribution in [0.15, 0.2) is 29.2 Å². The van der Waals surface area contributed by atoms with Crippen LogP contribution >= 0.6 is 0 Å². The van der Waals surface area contributed by atoms with E-state index in [9.17, 15) is 8.42 Å². The van der Waals surface area contributed by atoms with E-state index in [0.29, 0.717) is 17.1 Å². The van der Waals surface area contributed by atoms with Crippen LogP contribution < -0.4 is 15.4 Å². The SMILES string of the molecule is CCNS(=O)(=O)c1ccccc1NC1CCCNC1. The minimum absolute atomic E-state index is 0.284. The second-order valence-corrected chi connectivity index (χ2v) is 6.42. The highest BCUT2D eigenvalue weighted by Gasteiger charge is 2.20. The smallest absolute Gasteiger partial charge is 0.242 e. The number of nitrogens with one attached hydrogen (secondary N) is 3. The molecule has 1 fully saturated rings. The third kappa shape index (κ3) is 3.68. The maximum Gasteiger partial charge on any atom is 0.242 e. The molecular weight excluding hydrogens is 262 g/mol. The van der Waals surface area contributed by atoms with Crippen molar-refractivity contribution >= 4 is 15.7 Å². The van der Waals surface area contributed by atoms with Gasteiger partial charge in [0.05, 0.1) is 5.69 Å². The van der Waals surface area contributed by atoms with E-state index in [4.69, 9.17) is 0 Å². The first-order chi connectivity index (χ1) is 9.13. The second kappa shape index (κ2) is 6.36. The number of rotatable bonds is 5. The van der Waals surface area contributed by atoms with Crippen LogP contribution in [0.3, 0.4) is 0 Å². The number of hydrogen-bond donors (Lipinski definition) is 3. The number of hydrogen-bond acceptors (Lipinski definition) is 4. The normalized spacial score (nSPS) is 20.2.